The zero-order valence-electron chi connectivity index (χ0n) is 8.32. The molecule has 0 amide bonds. The summed E-state index contributed by atoms with van der Waals surface area (Å²) in [5.74, 6) is 0. The van der Waals surface area contributed by atoms with E-state index in [0.29, 0.717) is 13.2 Å². The fourth-order valence-electron chi connectivity index (χ4n) is 1.62. The normalized spacial score (nSPS) is 15.9. The predicted octanol–water partition coefficient (Wildman–Crippen LogP) is 2.08. The standard InChI is InChI=1S/C11H13BO2/c1-9-5-3-4-6-11(9)10(2)12-13-7-8-14-12/h3-6H,2,7-8H2,1H3. The largest absolute Gasteiger partial charge is 0.494 e. The summed E-state index contributed by atoms with van der Waals surface area (Å²) in [6.45, 7) is 7.41. The van der Waals surface area contributed by atoms with Crippen molar-refractivity contribution in [2.75, 3.05) is 13.2 Å². The van der Waals surface area contributed by atoms with Gasteiger partial charge < -0.3 is 9.31 Å². The fraction of sp³-hybridized carbons (Fsp3) is 0.273. The van der Waals surface area contributed by atoms with Gasteiger partial charge in [-0.3, -0.25) is 0 Å². The molecule has 0 N–H and O–H groups in total. The van der Waals surface area contributed by atoms with Gasteiger partial charge in [-0.15, -0.1) is 0 Å². The molecule has 1 fully saturated rings. The summed E-state index contributed by atoms with van der Waals surface area (Å²) in [6.07, 6.45) is 0. The van der Waals surface area contributed by atoms with Crippen LogP contribution in [0.4, 0.5) is 0 Å². The Labute approximate surface area is 84.7 Å². The first-order chi connectivity index (χ1) is 6.79. The maximum absolute atomic E-state index is 5.40. The summed E-state index contributed by atoms with van der Waals surface area (Å²) in [6, 6.07) is 8.13. The SMILES string of the molecule is C=C(B1OCCO1)c1ccccc1C. The first kappa shape index (κ1) is 9.50. The molecule has 0 saturated carbocycles. The number of aryl methyl sites for hydroxylation is 1. The second kappa shape index (κ2) is 3.99. The number of hydrogen-bond donors (Lipinski definition) is 0. The Hall–Kier alpha value is -1.06. The minimum Gasteiger partial charge on any atom is -0.405 e. The third-order valence-electron chi connectivity index (χ3n) is 2.40. The lowest BCUT2D eigenvalue weighted by Crippen LogP contribution is -2.16. The minimum absolute atomic E-state index is 0.254. The molecule has 2 nitrogen and oxygen atoms in total. The van der Waals surface area contributed by atoms with E-state index < -0.39 is 0 Å². The average molecular weight is 188 g/mol. The third kappa shape index (κ3) is 1.74. The van der Waals surface area contributed by atoms with Crippen LogP contribution < -0.4 is 0 Å². The Bertz CT molecular complexity index is 343. The molecule has 0 radical (unpaired) electrons. The molecule has 14 heavy (non-hydrogen) atoms. The van der Waals surface area contributed by atoms with Crippen molar-refractivity contribution in [3.05, 3.63) is 42.0 Å². The smallest absolute Gasteiger partial charge is 0.405 e. The summed E-state index contributed by atoms with van der Waals surface area (Å²) < 4.78 is 10.8. The highest BCUT2D eigenvalue weighted by atomic mass is 16.6. The first-order valence-electron chi connectivity index (χ1n) is 4.77. The van der Waals surface area contributed by atoms with Gasteiger partial charge in [0, 0.05) is 0 Å². The Balaban J connectivity index is 2.22. The third-order valence-corrected chi connectivity index (χ3v) is 2.40. The Morgan fingerprint density at radius 3 is 2.57 bits per heavy atom. The Kier molecular flexibility index (Phi) is 2.70. The van der Waals surface area contributed by atoms with E-state index in [4.69, 9.17) is 9.31 Å². The van der Waals surface area contributed by atoms with Crippen molar-refractivity contribution >= 4 is 12.6 Å². The van der Waals surface area contributed by atoms with Crippen LogP contribution in [0.15, 0.2) is 30.8 Å². The van der Waals surface area contributed by atoms with Crippen molar-refractivity contribution in [1.82, 2.24) is 0 Å². The Morgan fingerprint density at radius 2 is 1.93 bits per heavy atom. The molecule has 0 aliphatic carbocycles. The van der Waals surface area contributed by atoms with Gasteiger partial charge in [0.15, 0.2) is 0 Å². The van der Waals surface area contributed by atoms with Gasteiger partial charge in [-0.1, -0.05) is 30.8 Å². The van der Waals surface area contributed by atoms with E-state index >= 15 is 0 Å². The zero-order chi connectivity index (χ0) is 9.97. The van der Waals surface area contributed by atoms with E-state index in [1.54, 1.807) is 0 Å². The first-order valence-corrected chi connectivity index (χ1v) is 4.77. The molecule has 0 spiro atoms. The molecular formula is C11H13BO2. The van der Waals surface area contributed by atoms with Gasteiger partial charge in [-0.2, -0.15) is 0 Å². The van der Waals surface area contributed by atoms with E-state index in [2.05, 4.69) is 19.6 Å². The van der Waals surface area contributed by atoms with E-state index in [0.717, 1.165) is 11.0 Å². The van der Waals surface area contributed by atoms with E-state index in [1.165, 1.54) is 5.56 Å². The molecular weight excluding hydrogens is 175 g/mol. The molecule has 1 aromatic carbocycles. The van der Waals surface area contributed by atoms with E-state index in [-0.39, 0.29) is 7.12 Å². The highest BCUT2D eigenvalue weighted by Gasteiger charge is 2.28. The van der Waals surface area contributed by atoms with Crippen molar-refractivity contribution in [2.24, 2.45) is 0 Å². The second-order valence-electron chi connectivity index (χ2n) is 3.41. The summed E-state index contributed by atoms with van der Waals surface area (Å²) >= 11 is 0. The lowest BCUT2D eigenvalue weighted by molar-refractivity contribution is 0.365. The number of hydrogen-bond acceptors (Lipinski definition) is 2. The summed E-state index contributed by atoms with van der Waals surface area (Å²) in [5, 5.41) is 0. The minimum atomic E-state index is -0.254. The van der Waals surface area contributed by atoms with Crippen molar-refractivity contribution < 1.29 is 9.31 Å². The summed E-state index contributed by atoms with van der Waals surface area (Å²) in [7, 11) is -0.254. The summed E-state index contributed by atoms with van der Waals surface area (Å²) in [4.78, 5) is 0. The van der Waals surface area contributed by atoms with Crippen LogP contribution in [0.2, 0.25) is 0 Å². The maximum atomic E-state index is 5.40. The van der Waals surface area contributed by atoms with Crippen LogP contribution in [0.5, 0.6) is 0 Å². The van der Waals surface area contributed by atoms with Crippen LogP contribution in [0.1, 0.15) is 11.1 Å². The van der Waals surface area contributed by atoms with Crippen LogP contribution in [-0.4, -0.2) is 20.3 Å². The molecule has 1 aliphatic heterocycles. The van der Waals surface area contributed by atoms with Gasteiger partial charge >= 0.3 is 7.12 Å². The number of rotatable bonds is 2. The van der Waals surface area contributed by atoms with Crippen LogP contribution in [-0.2, 0) is 9.31 Å². The molecule has 72 valence electrons. The van der Waals surface area contributed by atoms with Crippen LogP contribution in [0.3, 0.4) is 0 Å². The van der Waals surface area contributed by atoms with Gasteiger partial charge in [0.2, 0.25) is 0 Å². The molecule has 3 heteroatoms. The van der Waals surface area contributed by atoms with E-state index in [9.17, 15) is 0 Å². The zero-order valence-corrected chi connectivity index (χ0v) is 8.32. The van der Waals surface area contributed by atoms with Gasteiger partial charge in [0.25, 0.3) is 0 Å². The summed E-state index contributed by atoms with van der Waals surface area (Å²) in [5.41, 5.74) is 3.25. The van der Waals surface area contributed by atoms with Crippen LogP contribution in [0.25, 0.3) is 5.47 Å². The molecule has 1 aliphatic rings. The maximum Gasteiger partial charge on any atom is 0.494 e. The lowest BCUT2D eigenvalue weighted by Gasteiger charge is -2.10. The van der Waals surface area contributed by atoms with Crippen molar-refractivity contribution in [3.63, 3.8) is 0 Å². The molecule has 0 atom stereocenters. The molecule has 0 bridgehead atoms. The quantitative estimate of drug-likeness (QED) is 0.661. The molecule has 0 unspecified atom stereocenters. The highest BCUT2D eigenvalue weighted by molar-refractivity contribution is 6.68. The monoisotopic (exact) mass is 188 g/mol. The number of benzene rings is 1. The van der Waals surface area contributed by atoms with Gasteiger partial charge in [0.1, 0.15) is 0 Å². The van der Waals surface area contributed by atoms with Crippen LogP contribution >= 0.6 is 0 Å². The molecule has 1 heterocycles. The van der Waals surface area contributed by atoms with Gasteiger partial charge in [-0.25, -0.2) is 0 Å². The van der Waals surface area contributed by atoms with Gasteiger partial charge in [0.05, 0.1) is 13.2 Å². The lowest BCUT2D eigenvalue weighted by atomic mass is 9.74. The molecule has 0 aromatic heterocycles. The molecule has 1 aromatic rings. The van der Waals surface area contributed by atoms with Crippen LogP contribution in [0, 0.1) is 6.92 Å². The van der Waals surface area contributed by atoms with Crippen molar-refractivity contribution in [3.8, 4) is 0 Å². The average Bonchev–Trinajstić information content (AvgIpc) is 2.70. The van der Waals surface area contributed by atoms with Crippen molar-refractivity contribution in [1.29, 1.82) is 0 Å². The second-order valence-corrected chi connectivity index (χ2v) is 3.41. The highest BCUT2D eigenvalue weighted by Crippen LogP contribution is 2.22. The topological polar surface area (TPSA) is 18.5 Å². The molecule has 2 rings (SSSR count). The molecule has 1 saturated heterocycles. The van der Waals surface area contributed by atoms with E-state index in [1.807, 2.05) is 18.2 Å². The van der Waals surface area contributed by atoms with Crippen molar-refractivity contribution in [2.45, 2.75) is 6.92 Å². The van der Waals surface area contributed by atoms with Gasteiger partial charge in [-0.05, 0) is 23.5 Å². The Morgan fingerprint density at radius 1 is 1.29 bits per heavy atom. The fourth-order valence-corrected chi connectivity index (χ4v) is 1.62. The predicted molar refractivity (Wildman–Crippen MR) is 57.9 cm³/mol.